The Morgan fingerprint density at radius 1 is 1.17 bits per heavy atom. The molecule has 0 aliphatic heterocycles. The van der Waals surface area contributed by atoms with Gasteiger partial charge < -0.3 is 5.32 Å². The van der Waals surface area contributed by atoms with Crippen LogP contribution in [0.25, 0.3) is 11.4 Å². The van der Waals surface area contributed by atoms with E-state index in [0.717, 1.165) is 12.1 Å². The first-order chi connectivity index (χ1) is 11.3. The molecule has 3 rings (SSSR count). The number of nitrogens with one attached hydrogen (secondary N) is 4. The Bertz CT molecular complexity index is 926. The maximum absolute atomic E-state index is 13.1. The molecule has 124 valence electrons. The lowest BCUT2D eigenvalue weighted by atomic mass is 10.1. The van der Waals surface area contributed by atoms with Crippen molar-refractivity contribution >= 4 is 11.6 Å². The summed E-state index contributed by atoms with van der Waals surface area (Å²) in [5, 5.41) is 14.0. The maximum atomic E-state index is 13.1. The Morgan fingerprint density at radius 3 is 2.54 bits per heavy atom. The summed E-state index contributed by atoms with van der Waals surface area (Å²) in [4.78, 5) is 25.3. The summed E-state index contributed by atoms with van der Waals surface area (Å²) in [6.07, 6.45) is -3.30. The molecule has 0 fully saturated rings. The number of H-pyrrole nitrogens is 3. The van der Waals surface area contributed by atoms with Crippen LogP contribution in [0.2, 0.25) is 0 Å². The van der Waals surface area contributed by atoms with Gasteiger partial charge in [0, 0.05) is 17.4 Å². The fraction of sp³-hybridized carbons (Fsp3) is 0.0769. The van der Waals surface area contributed by atoms with Crippen LogP contribution in [-0.2, 0) is 6.18 Å². The van der Waals surface area contributed by atoms with Crippen molar-refractivity contribution in [1.29, 1.82) is 0 Å². The third-order valence-electron chi connectivity index (χ3n) is 3.04. The highest BCUT2D eigenvalue weighted by Gasteiger charge is 2.31. The molecule has 8 nitrogen and oxygen atoms in total. The van der Waals surface area contributed by atoms with E-state index in [1.165, 1.54) is 18.3 Å². The van der Waals surface area contributed by atoms with Gasteiger partial charge in [0.1, 0.15) is 5.69 Å². The van der Waals surface area contributed by atoms with Crippen LogP contribution >= 0.6 is 0 Å². The number of benzene rings is 1. The molecule has 0 radical (unpaired) electrons. The van der Waals surface area contributed by atoms with Crippen molar-refractivity contribution < 1.29 is 18.0 Å². The molecule has 2 aromatic heterocycles. The van der Waals surface area contributed by atoms with E-state index in [0.29, 0.717) is 0 Å². The summed E-state index contributed by atoms with van der Waals surface area (Å²) in [6, 6.07) is 4.23. The molecule has 4 N–H and O–H groups in total. The third-order valence-corrected chi connectivity index (χ3v) is 3.04. The number of alkyl halides is 3. The van der Waals surface area contributed by atoms with Crippen LogP contribution in [0.4, 0.5) is 18.9 Å². The fourth-order valence-corrected chi connectivity index (χ4v) is 1.99. The normalized spacial score (nSPS) is 11.5. The Labute approximate surface area is 131 Å². The van der Waals surface area contributed by atoms with Gasteiger partial charge in [-0.1, -0.05) is 0 Å². The molecule has 24 heavy (non-hydrogen) atoms. The van der Waals surface area contributed by atoms with Crippen molar-refractivity contribution in [2.24, 2.45) is 0 Å². The van der Waals surface area contributed by atoms with Gasteiger partial charge in [0.25, 0.3) is 5.91 Å². The first-order valence-corrected chi connectivity index (χ1v) is 6.51. The largest absolute Gasteiger partial charge is 0.416 e. The van der Waals surface area contributed by atoms with Crippen LogP contribution in [-0.4, -0.2) is 31.3 Å². The topological polar surface area (TPSA) is 119 Å². The second kappa shape index (κ2) is 5.68. The van der Waals surface area contributed by atoms with Gasteiger partial charge in [-0.3, -0.25) is 14.9 Å². The zero-order chi connectivity index (χ0) is 17.3. The Morgan fingerprint density at radius 2 is 1.96 bits per heavy atom. The molecule has 11 heteroatoms. The van der Waals surface area contributed by atoms with Crippen LogP contribution in [0.3, 0.4) is 0 Å². The molecule has 0 atom stereocenters. The molecule has 0 saturated heterocycles. The highest BCUT2D eigenvalue weighted by Crippen LogP contribution is 2.34. The van der Waals surface area contributed by atoms with Gasteiger partial charge in [-0.15, -0.1) is 0 Å². The van der Waals surface area contributed by atoms with E-state index in [1.54, 1.807) is 0 Å². The molecule has 0 aliphatic rings. The van der Waals surface area contributed by atoms with Gasteiger partial charge in [-0.2, -0.15) is 23.4 Å². The monoisotopic (exact) mass is 338 g/mol. The quantitative estimate of drug-likeness (QED) is 0.582. The van der Waals surface area contributed by atoms with Gasteiger partial charge >= 0.3 is 11.9 Å². The average molecular weight is 338 g/mol. The van der Waals surface area contributed by atoms with Crippen LogP contribution in [0.5, 0.6) is 0 Å². The number of nitrogens with zero attached hydrogens (tertiary/aromatic N) is 2. The molecule has 0 bridgehead atoms. The minimum atomic E-state index is -4.64. The lowest BCUT2D eigenvalue weighted by Crippen LogP contribution is -2.14. The van der Waals surface area contributed by atoms with E-state index < -0.39 is 23.3 Å². The van der Waals surface area contributed by atoms with Gasteiger partial charge in [0.05, 0.1) is 5.56 Å². The summed E-state index contributed by atoms with van der Waals surface area (Å²) >= 11 is 0. The molecular formula is C13H9F3N6O2. The van der Waals surface area contributed by atoms with Crippen LogP contribution in [0, 0.1) is 0 Å². The minimum Gasteiger partial charge on any atom is -0.321 e. The fourth-order valence-electron chi connectivity index (χ4n) is 1.99. The number of hydrogen-bond acceptors (Lipinski definition) is 4. The number of aromatic amines is 3. The number of aromatic nitrogens is 5. The molecule has 1 amide bonds. The lowest BCUT2D eigenvalue weighted by Gasteiger charge is -2.12. The van der Waals surface area contributed by atoms with Crippen molar-refractivity contribution in [2.75, 3.05) is 5.32 Å². The Hall–Kier alpha value is -3.37. The van der Waals surface area contributed by atoms with Gasteiger partial charge in [0.2, 0.25) is 0 Å². The Kier molecular flexibility index (Phi) is 3.67. The summed E-state index contributed by atoms with van der Waals surface area (Å²) in [6.45, 7) is 0. The zero-order valence-corrected chi connectivity index (χ0v) is 11.7. The second-order valence-corrected chi connectivity index (χ2v) is 4.75. The van der Waals surface area contributed by atoms with E-state index in [2.05, 4.69) is 30.7 Å². The number of anilines is 1. The predicted octanol–water partition coefficient (Wildman–Crippen LogP) is 1.76. The minimum absolute atomic E-state index is 0.0110. The number of amides is 1. The summed E-state index contributed by atoms with van der Waals surface area (Å²) in [5.41, 5.74) is -1.69. The smallest absolute Gasteiger partial charge is 0.321 e. The molecule has 0 spiro atoms. The highest BCUT2D eigenvalue weighted by atomic mass is 19.4. The van der Waals surface area contributed by atoms with Crippen molar-refractivity contribution in [3.05, 3.63) is 52.2 Å². The van der Waals surface area contributed by atoms with Crippen molar-refractivity contribution in [3.8, 4) is 11.4 Å². The lowest BCUT2D eigenvalue weighted by molar-refractivity contribution is -0.137. The molecule has 0 saturated carbocycles. The van der Waals surface area contributed by atoms with E-state index in [4.69, 9.17) is 0 Å². The van der Waals surface area contributed by atoms with Crippen molar-refractivity contribution in [1.82, 2.24) is 25.4 Å². The standard InChI is InChI=1S/C13H9F3N6O2/c14-13(15,16)7-3-6(10-19-12(24)22-21-10)4-8(5-7)18-11(23)9-1-2-17-20-9/h1-5H,(H,17,20)(H,18,23)(H2,19,21,22,24). The SMILES string of the molecule is O=C(Nc1cc(-c2n[nH]c(=O)[nH]2)cc(C(F)(F)F)c1)c1ccn[nH]1. The van der Waals surface area contributed by atoms with Crippen molar-refractivity contribution in [2.45, 2.75) is 6.18 Å². The number of hydrogen-bond donors (Lipinski definition) is 4. The van der Waals surface area contributed by atoms with Gasteiger partial charge in [0.15, 0.2) is 5.82 Å². The van der Waals surface area contributed by atoms with E-state index in [1.807, 2.05) is 0 Å². The first-order valence-electron chi connectivity index (χ1n) is 6.51. The Balaban J connectivity index is 2.02. The van der Waals surface area contributed by atoms with E-state index in [-0.39, 0.29) is 22.8 Å². The summed E-state index contributed by atoms with van der Waals surface area (Å²) < 4.78 is 39.2. The van der Waals surface area contributed by atoms with Gasteiger partial charge in [-0.25, -0.2) is 9.89 Å². The highest BCUT2D eigenvalue weighted by molar-refractivity contribution is 6.03. The van der Waals surface area contributed by atoms with Crippen LogP contribution in [0.1, 0.15) is 16.1 Å². The molecule has 3 aromatic rings. The van der Waals surface area contributed by atoms with E-state index in [9.17, 15) is 22.8 Å². The van der Waals surface area contributed by atoms with Crippen LogP contribution < -0.4 is 11.0 Å². The molecule has 1 aromatic carbocycles. The predicted molar refractivity (Wildman–Crippen MR) is 76.2 cm³/mol. The second-order valence-electron chi connectivity index (χ2n) is 4.75. The maximum Gasteiger partial charge on any atom is 0.416 e. The van der Waals surface area contributed by atoms with Crippen molar-refractivity contribution in [3.63, 3.8) is 0 Å². The zero-order valence-electron chi connectivity index (χ0n) is 11.7. The third kappa shape index (κ3) is 3.19. The number of rotatable bonds is 3. The number of carbonyl (C=O) groups is 1. The molecular weight excluding hydrogens is 329 g/mol. The summed E-state index contributed by atoms with van der Waals surface area (Å²) in [5.74, 6) is -0.739. The first kappa shape index (κ1) is 15.5. The molecule has 2 heterocycles. The molecule has 0 aliphatic carbocycles. The van der Waals surface area contributed by atoms with E-state index >= 15 is 0 Å². The number of halogens is 3. The van der Waals surface area contributed by atoms with Gasteiger partial charge in [-0.05, 0) is 24.3 Å². The molecule has 0 unspecified atom stereocenters. The average Bonchev–Trinajstić information content (AvgIpc) is 3.17. The number of carbonyl (C=O) groups excluding carboxylic acids is 1. The summed E-state index contributed by atoms with van der Waals surface area (Å²) in [7, 11) is 0. The van der Waals surface area contributed by atoms with Crippen LogP contribution in [0.15, 0.2) is 35.3 Å².